The molecule has 3 heterocycles. The van der Waals surface area contributed by atoms with E-state index in [1.54, 1.807) is 0 Å². The quantitative estimate of drug-likeness (QED) is 0.644. The summed E-state index contributed by atoms with van der Waals surface area (Å²) in [7, 11) is 0. The lowest BCUT2D eigenvalue weighted by Crippen LogP contribution is -2.41. The van der Waals surface area contributed by atoms with E-state index in [9.17, 15) is 9.90 Å². The Kier molecular flexibility index (Phi) is 5.66. The minimum atomic E-state index is -0.422. The molecular formula is C27H29N3O2. The van der Waals surface area contributed by atoms with Gasteiger partial charge in [-0.1, -0.05) is 48.5 Å². The topological polar surface area (TPSA) is 58.4 Å². The number of allylic oxidation sites excluding steroid dienone is 2. The van der Waals surface area contributed by atoms with Crippen LogP contribution in [-0.4, -0.2) is 44.7 Å². The number of imidazole rings is 1. The summed E-state index contributed by atoms with van der Waals surface area (Å²) >= 11 is 0. The van der Waals surface area contributed by atoms with Crippen molar-refractivity contribution in [2.75, 3.05) is 13.1 Å². The molecule has 1 aromatic heterocycles. The number of piperidine rings is 1. The van der Waals surface area contributed by atoms with Gasteiger partial charge < -0.3 is 14.6 Å². The largest absolute Gasteiger partial charge is 0.393 e. The summed E-state index contributed by atoms with van der Waals surface area (Å²) in [5.74, 6) is 0.280. The molecule has 1 saturated heterocycles. The smallest absolute Gasteiger partial charge is 0.253 e. The van der Waals surface area contributed by atoms with Crippen molar-refractivity contribution in [1.29, 1.82) is 0 Å². The van der Waals surface area contributed by atoms with E-state index in [0.717, 1.165) is 24.1 Å². The maximum atomic E-state index is 12.7. The molecule has 1 N–H and O–H groups in total. The van der Waals surface area contributed by atoms with Crippen LogP contribution in [0.15, 0.2) is 73.2 Å². The van der Waals surface area contributed by atoms with Gasteiger partial charge in [0.05, 0.1) is 30.4 Å². The van der Waals surface area contributed by atoms with Gasteiger partial charge in [0, 0.05) is 18.7 Å². The first kappa shape index (κ1) is 20.7. The highest BCUT2D eigenvalue weighted by molar-refractivity contribution is 5.94. The number of carbonyl (C=O) groups is 1. The number of nitrogens with zero attached hydrogens (tertiary/aromatic N) is 3. The van der Waals surface area contributed by atoms with E-state index >= 15 is 0 Å². The number of aliphatic hydroxyl groups is 1. The zero-order valence-corrected chi connectivity index (χ0v) is 18.4. The van der Waals surface area contributed by atoms with Crippen molar-refractivity contribution >= 4 is 17.1 Å². The monoisotopic (exact) mass is 427 g/mol. The number of carbonyl (C=O) groups excluding carboxylic acids is 1. The molecule has 32 heavy (non-hydrogen) atoms. The molecule has 2 unspecified atom stereocenters. The second-order valence-corrected chi connectivity index (χ2v) is 8.91. The van der Waals surface area contributed by atoms with Crippen molar-refractivity contribution in [2.45, 2.75) is 38.3 Å². The summed E-state index contributed by atoms with van der Waals surface area (Å²) < 4.78 is 2.20. The molecule has 2 aliphatic rings. The van der Waals surface area contributed by atoms with E-state index in [0.29, 0.717) is 19.5 Å². The number of amides is 1. The van der Waals surface area contributed by atoms with Gasteiger partial charge in [-0.05, 0) is 60.9 Å². The van der Waals surface area contributed by atoms with Crippen molar-refractivity contribution in [3.63, 3.8) is 0 Å². The van der Waals surface area contributed by atoms with Crippen LogP contribution in [0.25, 0.3) is 11.1 Å². The average Bonchev–Trinajstić information content (AvgIpc) is 3.43. The average molecular weight is 428 g/mol. The number of hydrogen-bond donors (Lipinski definition) is 1. The Morgan fingerprint density at radius 1 is 1.06 bits per heavy atom. The van der Waals surface area contributed by atoms with Crippen molar-refractivity contribution in [1.82, 2.24) is 14.5 Å². The molecule has 0 bridgehead atoms. The van der Waals surface area contributed by atoms with Gasteiger partial charge in [-0.15, -0.1) is 0 Å². The Balaban J connectivity index is 1.28. The number of rotatable bonds is 5. The first-order valence-electron chi connectivity index (χ1n) is 11.4. The van der Waals surface area contributed by atoms with Crippen molar-refractivity contribution in [3.8, 4) is 0 Å². The van der Waals surface area contributed by atoms with Gasteiger partial charge in [-0.25, -0.2) is 4.98 Å². The summed E-state index contributed by atoms with van der Waals surface area (Å²) in [6.45, 7) is 3.53. The first-order chi connectivity index (χ1) is 15.6. The van der Waals surface area contributed by atoms with Crippen molar-refractivity contribution < 1.29 is 9.90 Å². The molecule has 0 saturated carbocycles. The van der Waals surface area contributed by atoms with Crippen LogP contribution in [-0.2, 0) is 0 Å². The van der Waals surface area contributed by atoms with Crippen molar-refractivity contribution in [3.05, 3.63) is 90.0 Å². The molecule has 5 rings (SSSR count). The van der Waals surface area contributed by atoms with E-state index in [2.05, 4.69) is 40.7 Å². The molecule has 2 atom stereocenters. The van der Waals surface area contributed by atoms with E-state index < -0.39 is 6.10 Å². The minimum Gasteiger partial charge on any atom is -0.393 e. The van der Waals surface area contributed by atoms with E-state index in [-0.39, 0.29) is 17.9 Å². The number of aliphatic hydroxyl groups excluding tert-OH is 1. The molecule has 0 aliphatic carbocycles. The Labute approximate surface area is 189 Å². The van der Waals surface area contributed by atoms with Crippen LogP contribution in [0.2, 0.25) is 0 Å². The summed E-state index contributed by atoms with van der Waals surface area (Å²) in [4.78, 5) is 19.0. The third-order valence-corrected chi connectivity index (χ3v) is 7.06. The Morgan fingerprint density at radius 3 is 2.41 bits per heavy atom. The number of benzene rings is 2. The molecule has 0 radical (unpaired) electrons. The van der Waals surface area contributed by atoms with Crippen LogP contribution in [0.5, 0.6) is 0 Å². The highest BCUT2D eigenvalue weighted by atomic mass is 16.3. The van der Waals surface area contributed by atoms with Crippen LogP contribution >= 0.6 is 0 Å². The van der Waals surface area contributed by atoms with Crippen LogP contribution in [0, 0.1) is 5.92 Å². The Hall–Kier alpha value is -3.18. The maximum absolute atomic E-state index is 12.7. The van der Waals surface area contributed by atoms with Gasteiger partial charge in [0.25, 0.3) is 5.91 Å². The molecule has 1 fully saturated rings. The lowest BCUT2D eigenvalue weighted by molar-refractivity contribution is 0.0403. The minimum absolute atomic E-state index is 0.0777. The highest BCUT2D eigenvalue weighted by Crippen LogP contribution is 2.45. The summed E-state index contributed by atoms with van der Waals surface area (Å²) in [5, 5.41) is 11.2. The fourth-order valence-electron chi connectivity index (χ4n) is 5.30. The van der Waals surface area contributed by atoms with E-state index in [1.807, 2.05) is 53.8 Å². The first-order valence-corrected chi connectivity index (χ1v) is 11.4. The van der Waals surface area contributed by atoms with Gasteiger partial charge in [-0.2, -0.15) is 0 Å². The van der Waals surface area contributed by atoms with Crippen LogP contribution < -0.4 is 0 Å². The Bertz CT molecular complexity index is 1110. The maximum Gasteiger partial charge on any atom is 0.253 e. The lowest BCUT2D eigenvalue weighted by Gasteiger charge is -2.35. The molecule has 164 valence electrons. The molecule has 5 nitrogen and oxygen atoms in total. The zero-order chi connectivity index (χ0) is 22.1. The molecule has 5 heteroatoms. The van der Waals surface area contributed by atoms with E-state index in [4.69, 9.17) is 0 Å². The van der Waals surface area contributed by atoms with E-state index in [1.165, 1.54) is 16.7 Å². The van der Waals surface area contributed by atoms with Crippen LogP contribution in [0.4, 0.5) is 0 Å². The third-order valence-electron chi connectivity index (χ3n) is 7.06. The Morgan fingerprint density at radius 2 is 1.72 bits per heavy atom. The third kappa shape index (κ3) is 3.78. The summed E-state index contributed by atoms with van der Waals surface area (Å²) in [6, 6.07) is 20.0. The predicted octanol–water partition coefficient (Wildman–Crippen LogP) is 4.67. The summed E-state index contributed by atoms with van der Waals surface area (Å²) in [6.07, 6.45) is 5.68. The highest BCUT2D eigenvalue weighted by Gasteiger charge is 2.35. The molecule has 3 aromatic rings. The number of fused-ring (bicyclic) bond motifs is 1. The molecule has 2 aromatic carbocycles. The van der Waals surface area contributed by atoms with Gasteiger partial charge in [0.1, 0.15) is 0 Å². The fourth-order valence-corrected chi connectivity index (χ4v) is 5.30. The second kappa shape index (κ2) is 8.75. The molecule has 1 amide bonds. The number of hydrogen-bond acceptors (Lipinski definition) is 3. The van der Waals surface area contributed by atoms with Crippen molar-refractivity contribution in [2.24, 2.45) is 5.92 Å². The molecule has 2 aliphatic heterocycles. The normalized spacial score (nSPS) is 19.8. The number of aromatic nitrogens is 2. The fraction of sp³-hybridized carbons (Fsp3) is 0.333. The van der Waals surface area contributed by atoms with Crippen LogP contribution in [0.3, 0.4) is 0 Å². The number of likely N-dealkylation sites (tertiary alicyclic amines) is 1. The van der Waals surface area contributed by atoms with Gasteiger partial charge in [0.15, 0.2) is 0 Å². The van der Waals surface area contributed by atoms with Gasteiger partial charge in [-0.3, -0.25) is 4.79 Å². The van der Waals surface area contributed by atoms with Gasteiger partial charge >= 0.3 is 0 Å². The van der Waals surface area contributed by atoms with Gasteiger partial charge in [0.2, 0.25) is 0 Å². The van der Waals surface area contributed by atoms with Crippen LogP contribution in [0.1, 0.15) is 53.8 Å². The lowest BCUT2D eigenvalue weighted by atomic mass is 9.85. The predicted molar refractivity (Wildman–Crippen MR) is 126 cm³/mol. The molecular weight excluding hydrogens is 398 g/mol. The standard InChI is InChI=1S/C27H29N3O2/c1-19-24-17-28-18-30(24)23(26(19)21-8-4-2-5-9-21)16-25(31)20-12-14-29(15-13-20)27(32)22-10-6-3-7-11-22/h2-11,17-18,20,23,25,31H,12-16H2,1H3. The summed E-state index contributed by atoms with van der Waals surface area (Å²) in [5.41, 5.74) is 5.57. The second-order valence-electron chi connectivity index (χ2n) is 8.91. The SMILES string of the molecule is CC1=C(c2ccccc2)C(CC(O)C2CCN(C(=O)c3ccccc3)CC2)n2cncc21. The molecule has 0 spiro atoms. The zero-order valence-electron chi connectivity index (χ0n) is 18.4.